The maximum atomic E-state index is 13.0. The third-order valence-corrected chi connectivity index (χ3v) is 9.52. The number of allylic oxidation sites excluding steroid dienone is 4. The van der Waals surface area contributed by atoms with E-state index in [0.717, 1.165) is 56.1 Å². The highest BCUT2D eigenvalue weighted by Gasteiger charge is 2.61. The Morgan fingerprint density at radius 2 is 1.79 bits per heavy atom. The molecular weight excluding hydrogens is 408 g/mol. The van der Waals surface area contributed by atoms with Crippen molar-refractivity contribution in [2.75, 3.05) is 0 Å². The number of carbonyl (C=O) groups excluding carboxylic acids is 1. The summed E-state index contributed by atoms with van der Waals surface area (Å²) in [6.07, 6.45) is 8.47. The smallest absolute Gasteiger partial charge is 0.163 e. The topological polar surface area (TPSA) is 57.5 Å². The van der Waals surface area contributed by atoms with Crippen molar-refractivity contribution in [3.8, 4) is 5.75 Å². The maximum Gasteiger partial charge on any atom is 0.163 e. The minimum Gasteiger partial charge on any atom is -0.508 e. The Kier molecular flexibility index (Phi) is 4.71. The highest BCUT2D eigenvalue weighted by atomic mass is 16.3. The number of aromatic hydroxyl groups is 1. The van der Waals surface area contributed by atoms with Crippen molar-refractivity contribution in [2.45, 2.75) is 63.4 Å². The predicted octanol–water partition coefficient (Wildman–Crippen LogP) is 6.18. The van der Waals surface area contributed by atoms with Gasteiger partial charge in [0.05, 0.1) is 11.5 Å². The number of hydrogen-bond acceptors (Lipinski definition) is 3. The number of carbonyl (C=O) groups is 1. The summed E-state index contributed by atoms with van der Waals surface area (Å²) in [5.74, 6) is 1.30. The lowest BCUT2D eigenvalue weighted by atomic mass is 9.54. The lowest BCUT2D eigenvalue weighted by molar-refractivity contribution is -0.116. The molecule has 0 amide bonds. The van der Waals surface area contributed by atoms with Crippen LogP contribution in [0.25, 0.3) is 0 Å². The molecule has 3 nitrogen and oxygen atoms in total. The monoisotopic (exact) mass is 440 g/mol. The fourth-order valence-corrected chi connectivity index (χ4v) is 7.76. The van der Waals surface area contributed by atoms with Crippen LogP contribution in [0.1, 0.15) is 68.9 Å². The second kappa shape index (κ2) is 7.43. The van der Waals surface area contributed by atoms with E-state index in [1.807, 2.05) is 36.4 Å². The Labute approximate surface area is 195 Å². The molecule has 170 valence electrons. The van der Waals surface area contributed by atoms with Crippen molar-refractivity contribution in [3.05, 3.63) is 88.5 Å². The van der Waals surface area contributed by atoms with E-state index in [1.165, 1.54) is 11.1 Å². The van der Waals surface area contributed by atoms with Crippen molar-refractivity contribution < 1.29 is 15.0 Å². The van der Waals surface area contributed by atoms with Gasteiger partial charge in [-0.15, -0.1) is 0 Å². The molecule has 0 aliphatic heterocycles. The number of fused-ring (bicyclic) bond motifs is 4. The fraction of sp³-hybridized carbons (Fsp3) is 0.433. The molecule has 2 saturated carbocycles. The normalized spacial score (nSPS) is 35.5. The SMILES string of the molecule is C[C@]12CCC3=C4CC(c5ccccc5)C(=O)C=C4CC[C@H]3[C@@H]1CC[C@@]2(O)c1cccc(O)c1. The van der Waals surface area contributed by atoms with Crippen molar-refractivity contribution in [3.63, 3.8) is 0 Å². The van der Waals surface area contributed by atoms with Gasteiger partial charge in [-0.1, -0.05) is 55.0 Å². The summed E-state index contributed by atoms with van der Waals surface area (Å²) in [6.45, 7) is 2.28. The van der Waals surface area contributed by atoms with E-state index in [2.05, 4.69) is 19.1 Å². The van der Waals surface area contributed by atoms with E-state index in [0.29, 0.717) is 11.8 Å². The zero-order valence-electron chi connectivity index (χ0n) is 19.3. The first kappa shape index (κ1) is 20.9. The number of hydrogen-bond donors (Lipinski definition) is 2. The summed E-state index contributed by atoms with van der Waals surface area (Å²) >= 11 is 0. The average Bonchev–Trinajstić information content (AvgIpc) is 3.11. The van der Waals surface area contributed by atoms with Crippen LogP contribution < -0.4 is 0 Å². The molecule has 0 saturated heterocycles. The van der Waals surface area contributed by atoms with Gasteiger partial charge in [0, 0.05) is 5.41 Å². The molecular formula is C30H32O3. The van der Waals surface area contributed by atoms with Gasteiger partial charge >= 0.3 is 0 Å². The van der Waals surface area contributed by atoms with Gasteiger partial charge in [-0.25, -0.2) is 0 Å². The molecule has 6 rings (SSSR count). The van der Waals surface area contributed by atoms with Crippen LogP contribution in [0.4, 0.5) is 0 Å². The molecule has 33 heavy (non-hydrogen) atoms. The fourth-order valence-electron chi connectivity index (χ4n) is 7.76. The number of aliphatic hydroxyl groups is 1. The van der Waals surface area contributed by atoms with Crippen LogP contribution in [-0.2, 0) is 10.4 Å². The third kappa shape index (κ3) is 3.01. The predicted molar refractivity (Wildman–Crippen MR) is 129 cm³/mol. The van der Waals surface area contributed by atoms with Crippen molar-refractivity contribution in [1.82, 2.24) is 0 Å². The quantitative estimate of drug-likeness (QED) is 0.586. The molecule has 0 bridgehead atoms. The molecule has 2 aromatic rings. The van der Waals surface area contributed by atoms with Crippen LogP contribution in [0, 0.1) is 17.3 Å². The van der Waals surface area contributed by atoms with Gasteiger partial charge in [0.25, 0.3) is 0 Å². The zero-order chi connectivity index (χ0) is 22.8. The largest absolute Gasteiger partial charge is 0.508 e. The first-order valence-corrected chi connectivity index (χ1v) is 12.4. The molecule has 2 aromatic carbocycles. The lowest BCUT2D eigenvalue weighted by Crippen LogP contribution is -2.48. The van der Waals surface area contributed by atoms with E-state index in [9.17, 15) is 15.0 Å². The Hall–Kier alpha value is -2.65. The summed E-state index contributed by atoms with van der Waals surface area (Å²) in [6, 6.07) is 17.5. The van der Waals surface area contributed by atoms with Crippen LogP contribution in [-0.4, -0.2) is 16.0 Å². The van der Waals surface area contributed by atoms with Crippen LogP contribution in [0.3, 0.4) is 0 Å². The highest BCUT2D eigenvalue weighted by molar-refractivity contribution is 5.98. The van der Waals surface area contributed by atoms with E-state index < -0.39 is 5.60 Å². The molecule has 0 radical (unpaired) electrons. The third-order valence-electron chi connectivity index (χ3n) is 9.52. The average molecular weight is 441 g/mol. The lowest BCUT2D eigenvalue weighted by Gasteiger charge is -2.52. The summed E-state index contributed by atoms with van der Waals surface area (Å²) < 4.78 is 0. The van der Waals surface area contributed by atoms with Crippen LogP contribution >= 0.6 is 0 Å². The number of rotatable bonds is 2. The number of phenols is 1. The van der Waals surface area contributed by atoms with E-state index >= 15 is 0 Å². The molecule has 4 aliphatic carbocycles. The summed E-state index contributed by atoms with van der Waals surface area (Å²) in [4.78, 5) is 13.0. The Balaban J connectivity index is 1.37. The molecule has 0 heterocycles. The first-order valence-electron chi connectivity index (χ1n) is 12.4. The van der Waals surface area contributed by atoms with Crippen LogP contribution in [0.2, 0.25) is 0 Å². The van der Waals surface area contributed by atoms with Crippen molar-refractivity contribution >= 4 is 5.78 Å². The summed E-state index contributed by atoms with van der Waals surface area (Å²) in [5.41, 5.74) is 5.12. The first-order chi connectivity index (χ1) is 15.9. The highest BCUT2D eigenvalue weighted by Crippen LogP contribution is 2.66. The van der Waals surface area contributed by atoms with E-state index in [1.54, 1.807) is 17.7 Å². The van der Waals surface area contributed by atoms with Crippen LogP contribution in [0.5, 0.6) is 5.75 Å². The molecule has 5 atom stereocenters. The molecule has 0 aromatic heterocycles. The van der Waals surface area contributed by atoms with Gasteiger partial charge in [-0.05, 0) is 97.3 Å². The Bertz CT molecular complexity index is 1180. The minimum atomic E-state index is -0.905. The Morgan fingerprint density at radius 1 is 0.970 bits per heavy atom. The van der Waals surface area contributed by atoms with Crippen molar-refractivity contribution in [2.24, 2.45) is 17.3 Å². The van der Waals surface area contributed by atoms with Gasteiger partial charge in [0.2, 0.25) is 0 Å². The number of phenolic OH excluding ortho intramolecular Hbond substituents is 1. The number of ketones is 1. The zero-order valence-corrected chi connectivity index (χ0v) is 19.3. The van der Waals surface area contributed by atoms with E-state index in [4.69, 9.17) is 0 Å². The molecule has 1 unspecified atom stereocenters. The number of benzene rings is 2. The Morgan fingerprint density at radius 3 is 2.58 bits per heavy atom. The molecule has 2 fully saturated rings. The van der Waals surface area contributed by atoms with Gasteiger partial charge in [0.1, 0.15) is 5.75 Å². The summed E-state index contributed by atoms with van der Waals surface area (Å²) in [7, 11) is 0. The summed E-state index contributed by atoms with van der Waals surface area (Å²) in [5, 5.41) is 22.1. The van der Waals surface area contributed by atoms with Gasteiger partial charge in [-0.2, -0.15) is 0 Å². The standard InChI is InChI=1S/C30H32O3/c1-29-14-12-23-24(27(29)13-15-30(29,33)21-8-5-9-22(31)17-21)11-10-20-16-28(32)26(18-25(20)23)19-6-3-2-4-7-19/h2-9,16-17,24,26-27,31,33H,10-15,18H2,1H3/t24-,26?,27+,29+,30-/m1/s1. The molecule has 3 heteroatoms. The second-order valence-corrected chi connectivity index (χ2v) is 10.9. The second-order valence-electron chi connectivity index (χ2n) is 10.9. The molecule has 4 aliphatic rings. The van der Waals surface area contributed by atoms with Crippen molar-refractivity contribution in [1.29, 1.82) is 0 Å². The van der Waals surface area contributed by atoms with Crippen LogP contribution in [0.15, 0.2) is 77.4 Å². The van der Waals surface area contributed by atoms with Gasteiger partial charge < -0.3 is 10.2 Å². The van der Waals surface area contributed by atoms with E-state index in [-0.39, 0.29) is 22.9 Å². The molecule has 2 N–H and O–H groups in total. The van der Waals surface area contributed by atoms with Gasteiger partial charge in [-0.3, -0.25) is 4.79 Å². The minimum absolute atomic E-state index is 0.0719. The van der Waals surface area contributed by atoms with Gasteiger partial charge in [0.15, 0.2) is 5.78 Å². The maximum absolute atomic E-state index is 13.0. The molecule has 0 spiro atoms.